The van der Waals surface area contributed by atoms with Gasteiger partial charge in [0.1, 0.15) is 0 Å². The molecular formula is C10H21NO2. The maximum atomic E-state index is 5.40. The average molecular weight is 187 g/mol. The maximum absolute atomic E-state index is 5.40. The van der Waals surface area contributed by atoms with E-state index >= 15 is 0 Å². The van der Waals surface area contributed by atoms with Gasteiger partial charge in [0, 0.05) is 25.8 Å². The van der Waals surface area contributed by atoms with Gasteiger partial charge in [-0.2, -0.15) is 0 Å². The van der Waals surface area contributed by atoms with Gasteiger partial charge in [-0.15, -0.1) is 0 Å². The van der Waals surface area contributed by atoms with Crippen LogP contribution in [-0.2, 0) is 9.47 Å². The third-order valence-corrected chi connectivity index (χ3v) is 2.49. The molecule has 0 radical (unpaired) electrons. The maximum Gasteiger partial charge on any atom is 0.0619 e. The Morgan fingerprint density at radius 2 is 2.46 bits per heavy atom. The molecule has 1 heterocycles. The molecule has 13 heavy (non-hydrogen) atoms. The number of hydrogen-bond acceptors (Lipinski definition) is 3. The third kappa shape index (κ3) is 4.07. The van der Waals surface area contributed by atoms with Crippen molar-refractivity contribution in [3.05, 3.63) is 0 Å². The van der Waals surface area contributed by atoms with E-state index in [-0.39, 0.29) is 0 Å². The smallest absolute Gasteiger partial charge is 0.0619 e. The van der Waals surface area contributed by atoms with Gasteiger partial charge >= 0.3 is 0 Å². The topological polar surface area (TPSA) is 30.5 Å². The highest BCUT2D eigenvalue weighted by atomic mass is 16.5. The van der Waals surface area contributed by atoms with Crippen LogP contribution in [0.1, 0.15) is 26.2 Å². The molecule has 1 aliphatic rings. The number of hydrogen-bond donors (Lipinski definition) is 1. The molecule has 0 aromatic rings. The fourth-order valence-electron chi connectivity index (χ4n) is 1.69. The molecule has 1 rings (SSSR count). The van der Waals surface area contributed by atoms with Crippen LogP contribution in [-0.4, -0.2) is 39.0 Å². The molecule has 2 unspecified atom stereocenters. The molecule has 0 aromatic carbocycles. The molecule has 0 aromatic heterocycles. The van der Waals surface area contributed by atoms with Gasteiger partial charge < -0.3 is 14.8 Å². The third-order valence-electron chi connectivity index (χ3n) is 2.49. The van der Waals surface area contributed by atoms with Crippen molar-refractivity contribution in [2.24, 2.45) is 0 Å². The van der Waals surface area contributed by atoms with E-state index in [1.165, 1.54) is 12.8 Å². The Morgan fingerprint density at radius 1 is 1.62 bits per heavy atom. The van der Waals surface area contributed by atoms with Crippen LogP contribution in [0.5, 0.6) is 0 Å². The Kier molecular flexibility index (Phi) is 5.35. The van der Waals surface area contributed by atoms with Crippen molar-refractivity contribution < 1.29 is 9.47 Å². The van der Waals surface area contributed by atoms with Crippen molar-refractivity contribution in [3.8, 4) is 0 Å². The van der Waals surface area contributed by atoms with E-state index in [4.69, 9.17) is 9.47 Å². The monoisotopic (exact) mass is 187 g/mol. The van der Waals surface area contributed by atoms with Crippen LogP contribution in [0.3, 0.4) is 0 Å². The predicted octanol–water partition coefficient (Wildman–Crippen LogP) is 1.18. The first-order chi connectivity index (χ1) is 6.36. The van der Waals surface area contributed by atoms with Gasteiger partial charge in [-0.05, 0) is 19.3 Å². The number of nitrogens with one attached hydrogen (secondary N) is 1. The van der Waals surface area contributed by atoms with Gasteiger partial charge in [-0.1, -0.05) is 6.92 Å². The van der Waals surface area contributed by atoms with Crippen molar-refractivity contribution in [2.45, 2.75) is 38.3 Å². The first-order valence-electron chi connectivity index (χ1n) is 5.19. The molecule has 78 valence electrons. The fraction of sp³-hybridized carbons (Fsp3) is 1.00. The highest BCUT2D eigenvalue weighted by molar-refractivity contribution is 4.75. The lowest BCUT2D eigenvalue weighted by Gasteiger charge is -2.27. The Balaban J connectivity index is 2.18. The number of rotatable bonds is 5. The van der Waals surface area contributed by atoms with E-state index in [0.29, 0.717) is 12.1 Å². The number of ether oxygens (including phenoxy) is 2. The zero-order chi connectivity index (χ0) is 9.52. The Labute approximate surface area is 80.8 Å². The van der Waals surface area contributed by atoms with Crippen molar-refractivity contribution in [3.63, 3.8) is 0 Å². The van der Waals surface area contributed by atoms with Crippen LogP contribution in [0.25, 0.3) is 0 Å². The average Bonchev–Trinajstić information content (AvgIpc) is 2.19. The molecule has 0 spiro atoms. The molecule has 0 saturated carbocycles. The van der Waals surface area contributed by atoms with E-state index in [2.05, 4.69) is 12.2 Å². The van der Waals surface area contributed by atoms with E-state index in [1.807, 2.05) is 0 Å². The minimum atomic E-state index is 0.483. The first-order valence-corrected chi connectivity index (χ1v) is 5.19. The Morgan fingerprint density at radius 3 is 3.00 bits per heavy atom. The van der Waals surface area contributed by atoms with Crippen LogP contribution in [0.15, 0.2) is 0 Å². The summed E-state index contributed by atoms with van der Waals surface area (Å²) in [6.07, 6.45) is 3.53. The summed E-state index contributed by atoms with van der Waals surface area (Å²) in [5.74, 6) is 0. The van der Waals surface area contributed by atoms with E-state index in [9.17, 15) is 0 Å². The van der Waals surface area contributed by atoms with Crippen LogP contribution >= 0.6 is 0 Å². The SMILES string of the molecule is CCC(COC)NC1CCCOC1. The minimum Gasteiger partial charge on any atom is -0.383 e. The molecule has 2 atom stereocenters. The molecule has 1 N–H and O–H groups in total. The predicted molar refractivity (Wildman–Crippen MR) is 52.9 cm³/mol. The van der Waals surface area contributed by atoms with E-state index in [1.54, 1.807) is 7.11 Å². The standard InChI is InChI=1S/C10H21NO2/c1-3-9(7-12-2)11-10-5-4-6-13-8-10/h9-11H,3-8H2,1-2H3. The van der Waals surface area contributed by atoms with Gasteiger partial charge in [0.15, 0.2) is 0 Å². The van der Waals surface area contributed by atoms with Crippen molar-refractivity contribution in [2.75, 3.05) is 26.9 Å². The van der Waals surface area contributed by atoms with Crippen molar-refractivity contribution in [1.82, 2.24) is 5.32 Å². The van der Waals surface area contributed by atoms with Crippen molar-refractivity contribution in [1.29, 1.82) is 0 Å². The molecule has 0 bridgehead atoms. The summed E-state index contributed by atoms with van der Waals surface area (Å²) in [5, 5.41) is 3.56. The molecule has 0 aliphatic carbocycles. The summed E-state index contributed by atoms with van der Waals surface area (Å²) in [6.45, 7) is 4.77. The minimum absolute atomic E-state index is 0.483. The van der Waals surface area contributed by atoms with Crippen LogP contribution in [0.4, 0.5) is 0 Å². The highest BCUT2D eigenvalue weighted by Crippen LogP contribution is 2.07. The highest BCUT2D eigenvalue weighted by Gasteiger charge is 2.16. The van der Waals surface area contributed by atoms with Gasteiger partial charge in [0.2, 0.25) is 0 Å². The second-order valence-corrected chi connectivity index (χ2v) is 3.64. The van der Waals surface area contributed by atoms with Crippen LogP contribution < -0.4 is 5.32 Å². The van der Waals surface area contributed by atoms with Crippen molar-refractivity contribution >= 4 is 0 Å². The van der Waals surface area contributed by atoms with E-state index in [0.717, 1.165) is 26.2 Å². The largest absolute Gasteiger partial charge is 0.383 e. The molecular weight excluding hydrogens is 166 g/mol. The zero-order valence-electron chi connectivity index (χ0n) is 8.71. The summed E-state index contributed by atoms with van der Waals surface area (Å²) in [7, 11) is 1.75. The lowest BCUT2D eigenvalue weighted by Crippen LogP contribution is -2.44. The van der Waals surface area contributed by atoms with Gasteiger partial charge in [0.25, 0.3) is 0 Å². The lowest BCUT2D eigenvalue weighted by atomic mass is 10.1. The molecule has 0 amide bonds. The quantitative estimate of drug-likeness (QED) is 0.701. The van der Waals surface area contributed by atoms with Gasteiger partial charge in [-0.3, -0.25) is 0 Å². The van der Waals surface area contributed by atoms with E-state index < -0.39 is 0 Å². The molecule has 1 aliphatic heterocycles. The summed E-state index contributed by atoms with van der Waals surface area (Å²) in [6, 6.07) is 1.02. The summed E-state index contributed by atoms with van der Waals surface area (Å²) in [5.41, 5.74) is 0. The molecule has 3 nitrogen and oxygen atoms in total. The first kappa shape index (κ1) is 11.0. The van der Waals surface area contributed by atoms with Gasteiger partial charge in [0.05, 0.1) is 13.2 Å². The molecule has 1 fully saturated rings. The molecule has 1 saturated heterocycles. The second-order valence-electron chi connectivity index (χ2n) is 3.64. The van der Waals surface area contributed by atoms with Gasteiger partial charge in [-0.25, -0.2) is 0 Å². The Hall–Kier alpha value is -0.120. The molecule has 3 heteroatoms. The van der Waals surface area contributed by atoms with Crippen LogP contribution in [0, 0.1) is 0 Å². The summed E-state index contributed by atoms with van der Waals surface area (Å²) >= 11 is 0. The normalized spacial score (nSPS) is 25.8. The second kappa shape index (κ2) is 6.35. The Bertz CT molecular complexity index is 121. The lowest BCUT2D eigenvalue weighted by molar-refractivity contribution is 0.0590. The summed E-state index contributed by atoms with van der Waals surface area (Å²) < 4.78 is 10.5. The number of methoxy groups -OCH3 is 1. The zero-order valence-corrected chi connectivity index (χ0v) is 8.71. The summed E-state index contributed by atoms with van der Waals surface area (Å²) in [4.78, 5) is 0. The fourth-order valence-corrected chi connectivity index (χ4v) is 1.69. The van der Waals surface area contributed by atoms with Crippen LogP contribution in [0.2, 0.25) is 0 Å².